The van der Waals surface area contributed by atoms with E-state index in [0.717, 1.165) is 11.1 Å². The van der Waals surface area contributed by atoms with Gasteiger partial charge in [-0.25, -0.2) is 0 Å². The van der Waals surface area contributed by atoms with Crippen molar-refractivity contribution < 1.29 is 23.8 Å². The van der Waals surface area contributed by atoms with Crippen LogP contribution in [0.2, 0.25) is 5.02 Å². The fourth-order valence-electron chi connectivity index (χ4n) is 3.81. The number of halogens is 1. The van der Waals surface area contributed by atoms with Crippen LogP contribution in [-0.4, -0.2) is 56.7 Å². The van der Waals surface area contributed by atoms with E-state index < -0.39 is 6.04 Å². The van der Waals surface area contributed by atoms with Gasteiger partial charge < -0.3 is 24.4 Å². The van der Waals surface area contributed by atoms with Gasteiger partial charge in [-0.15, -0.1) is 0 Å². The van der Waals surface area contributed by atoms with E-state index in [4.69, 9.17) is 25.8 Å². The maximum atomic E-state index is 13.6. The predicted octanol–water partition coefficient (Wildman–Crippen LogP) is 4.52. The van der Waals surface area contributed by atoms with E-state index in [1.165, 1.54) is 0 Å². The van der Waals surface area contributed by atoms with E-state index in [0.29, 0.717) is 42.5 Å². The molecule has 3 aromatic rings. The summed E-state index contributed by atoms with van der Waals surface area (Å²) in [7, 11) is 3.22. The zero-order valence-corrected chi connectivity index (χ0v) is 21.9. The molecule has 3 rings (SSSR count). The standard InChI is InChI=1S/C29H33ClN2O5/c1-35-18-8-17-31-29(34)26(19-22-9-4-3-5-10-22)32(20-23-13-15-24(36-2)16-14-23)28(33)21-37-27-12-7-6-11-25(27)30/h3-7,9-16,26H,8,17-21H2,1-2H3,(H,31,34)/t26-/m1/s1. The molecule has 3 aromatic carbocycles. The molecule has 0 saturated heterocycles. The van der Waals surface area contributed by atoms with Crippen LogP contribution in [0.1, 0.15) is 17.5 Å². The third kappa shape index (κ3) is 8.81. The highest BCUT2D eigenvalue weighted by Crippen LogP contribution is 2.24. The van der Waals surface area contributed by atoms with Gasteiger partial charge in [0.2, 0.25) is 5.91 Å². The van der Waals surface area contributed by atoms with E-state index in [-0.39, 0.29) is 25.0 Å². The lowest BCUT2D eigenvalue weighted by molar-refractivity contribution is -0.142. The summed E-state index contributed by atoms with van der Waals surface area (Å²) in [6.07, 6.45) is 1.02. The number of methoxy groups -OCH3 is 2. The molecule has 0 aliphatic heterocycles. The Balaban J connectivity index is 1.87. The van der Waals surface area contributed by atoms with Crippen LogP contribution >= 0.6 is 11.6 Å². The summed E-state index contributed by atoms with van der Waals surface area (Å²) in [4.78, 5) is 28.6. The third-order valence-electron chi connectivity index (χ3n) is 5.80. The van der Waals surface area contributed by atoms with Gasteiger partial charge in [0.05, 0.1) is 12.1 Å². The number of nitrogens with one attached hydrogen (secondary N) is 1. The van der Waals surface area contributed by atoms with Crippen molar-refractivity contribution in [3.63, 3.8) is 0 Å². The van der Waals surface area contributed by atoms with Crippen LogP contribution in [0.4, 0.5) is 0 Å². The lowest BCUT2D eigenvalue weighted by Crippen LogP contribution is -2.51. The molecule has 196 valence electrons. The van der Waals surface area contributed by atoms with Crippen molar-refractivity contribution in [1.29, 1.82) is 0 Å². The zero-order valence-electron chi connectivity index (χ0n) is 21.2. The van der Waals surface area contributed by atoms with Crippen molar-refractivity contribution >= 4 is 23.4 Å². The van der Waals surface area contributed by atoms with Crippen LogP contribution in [-0.2, 0) is 27.3 Å². The van der Waals surface area contributed by atoms with E-state index in [1.54, 1.807) is 43.4 Å². The number of hydrogen-bond acceptors (Lipinski definition) is 5. The zero-order chi connectivity index (χ0) is 26.5. The summed E-state index contributed by atoms with van der Waals surface area (Å²) < 4.78 is 16.1. The minimum atomic E-state index is -0.755. The van der Waals surface area contributed by atoms with E-state index >= 15 is 0 Å². The van der Waals surface area contributed by atoms with Gasteiger partial charge in [0, 0.05) is 33.2 Å². The smallest absolute Gasteiger partial charge is 0.261 e. The van der Waals surface area contributed by atoms with Gasteiger partial charge >= 0.3 is 0 Å². The first kappa shape index (κ1) is 28.0. The molecule has 0 radical (unpaired) electrons. The highest BCUT2D eigenvalue weighted by Gasteiger charge is 2.30. The number of carbonyl (C=O) groups excluding carboxylic acids is 2. The topological polar surface area (TPSA) is 77.1 Å². The quantitative estimate of drug-likeness (QED) is 0.314. The molecule has 0 unspecified atom stereocenters. The van der Waals surface area contributed by atoms with E-state index in [9.17, 15) is 9.59 Å². The van der Waals surface area contributed by atoms with E-state index in [1.807, 2.05) is 54.6 Å². The van der Waals surface area contributed by atoms with Gasteiger partial charge in [-0.3, -0.25) is 9.59 Å². The molecular weight excluding hydrogens is 492 g/mol. The Morgan fingerprint density at radius 3 is 2.30 bits per heavy atom. The maximum Gasteiger partial charge on any atom is 0.261 e. The fourth-order valence-corrected chi connectivity index (χ4v) is 4.00. The molecule has 0 heterocycles. The van der Waals surface area contributed by atoms with Crippen LogP contribution in [0.15, 0.2) is 78.9 Å². The summed E-state index contributed by atoms with van der Waals surface area (Å²) in [5, 5.41) is 3.38. The van der Waals surface area contributed by atoms with Crippen LogP contribution < -0.4 is 14.8 Å². The first-order valence-corrected chi connectivity index (χ1v) is 12.5. The molecule has 0 saturated carbocycles. The maximum absolute atomic E-state index is 13.6. The number of carbonyl (C=O) groups is 2. The van der Waals surface area contributed by atoms with Crippen LogP contribution in [0.3, 0.4) is 0 Å². The summed E-state index contributed by atoms with van der Waals surface area (Å²) in [5.41, 5.74) is 1.80. The van der Waals surface area contributed by atoms with E-state index in [2.05, 4.69) is 5.32 Å². The molecule has 0 aliphatic carbocycles. The van der Waals surface area contributed by atoms with Gasteiger partial charge in [0.1, 0.15) is 17.5 Å². The van der Waals surface area contributed by atoms with Crippen molar-refractivity contribution in [2.75, 3.05) is 34.0 Å². The normalized spacial score (nSPS) is 11.4. The second-order valence-corrected chi connectivity index (χ2v) is 8.84. The van der Waals surface area contributed by atoms with Crippen LogP contribution in [0, 0.1) is 0 Å². The van der Waals surface area contributed by atoms with Crippen molar-refractivity contribution in [2.45, 2.75) is 25.4 Å². The molecule has 37 heavy (non-hydrogen) atoms. The second kappa shape index (κ2) is 14.9. The fraction of sp³-hybridized carbons (Fsp3) is 0.310. The first-order chi connectivity index (χ1) is 18.0. The molecule has 1 atom stereocenters. The Morgan fingerprint density at radius 1 is 0.919 bits per heavy atom. The molecule has 7 nitrogen and oxygen atoms in total. The first-order valence-electron chi connectivity index (χ1n) is 12.1. The highest BCUT2D eigenvalue weighted by molar-refractivity contribution is 6.32. The summed E-state index contributed by atoms with van der Waals surface area (Å²) in [6, 6.07) is 23.3. The number of nitrogens with zero attached hydrogens (tertiary/aromatic N) is 1. The van der Waals surface area contributed by atoms with Gasteiger partial charge in [-0.05, 0) is 41.8 Å². The Hall–Kier alpha value is -3.55. The lowest BCUT2D eigenvalue weighted by Gasteiger charge is -2.31. The Kier molecular flexibility index (Phi) is 11.3. The average Bonchev–Trinajstić information content (AvgIpc) is 2.93. The Labute approximate surface area is 223 Å². The number of rotatable bonds is 14. The number of para-hydroxylation sites is 1. The molecule has 0 fully saturated rings. The van der Waals surface area contributed by atoms with Gasteiger partial charge in [-0.1, -0.05) is 66.2 Å². The molecular formula is C29H33ClN2O5. The number of hydrogen-bond donors (Lipinski definition) is 1. The largest absolute Gasteiger partial charge is 0.497 e. The molecule has 0 aliphatic rings. The lowest BCUT2D eigenvalue weighted by atomic mass is 10.0. The Bertz CT molecular complexity index is 1120. The predicted molar refractivity (Wildman–Crippen MR) is 144 cm³/mol. The number of amides is 2. The minimum absolute atomic E-state index is 0.220. The third-order valence-corrected chi connectivity index (χ3v) is 6.11. The van der Waals surface area contributed by atoms with Gasteiger partial charge in [0.15, 0.2) is 6.61 Å². The van der Waals surface area contributed by atoms with Crippen molar-refractivity contribution in [1.82, 2.24) is 10.2 Å². The van der Waals surface area contributed by atoms with Gasteiger partial charge in [-0.2, -0.15) is 0 Å². The molecule has 2 amide bonds. The SMILES string of the molecule is COCCCNC(=O)[C@@H](Cc1ccccc1)N(Cc1ccc(OC)cc1)C(=O)COc1ccccc1Cl. The van der Waals surface area contributed by atoms with Crippen molar-refractivity contribution in [3.05, 3.63) is 95.0 Å². The molecule has 1 N–H and O–H groups in total. The monoisotopic (exact) mass is 524 g/mol. The highest BCUT2D eigenvalue weighted by atomic mass is 35.5. The molecule has 0 spiro atoms. The summed E-state index contributed by atoms with van der Waals surface area (Å²) in [6.45, 7) is 0.933. The van der Waals surface area contributed by atoms with Gasteiger partial charge in [0.25, 0.3) is 5.91 Å². The minimum Gasteiger partial charge on any atom is -0.497 e. The summed E-state index contributed by atoms with van der Waals surface area (Å²) >= 11 is 6.21. The molecule has 0 aromatic heterocycles. The number of ether oxygens (including phenoxy) is 3. The number of benzene rings is 3. The van der Waals surface area contributed by atoms with Crippen molar-refractivity contribution in [2.24, 2.45) is 0 Å². The Morgan fingerprint density at radius 2 is 1.62 bits per heavy atom. The average molecular weight is 525 g/mol. The second-order valence-electron chi connectivity index (χ2n) is 8.43. The van der Waals surface area contributed by atoms with Crippen LogP contribution in [0.5, 0.6) is 11.5 Å². The molecule has 8 heteroatoms. The van der Waals surface area contributed by atoms with Crippen LogP contribution in [0.25, 0.3) is 0 Å². The van der Waals surface area contributed by atoms with Crippen molar-refractivity contribution in [3.8, 4) is 11.5 Å². The summed E-state index contributed by atoms with van der Waals surface area (Å²) in [5.74, 6) is 0.550. The molecule has 0 bridgehead atoms.